The number of nitrogens with zero attached hydrogens (tertiary/aromatic N) is 3. The number of halogens is 1. The number of ketones is 1. The summed E-state index contributed by atoms with van der Waals surface area (Å²) in [6.07, 6.45) is 1.77. The molecule has 2 rings (SSSR count). The van der Waals surface area contributed by atoms with E-state index in [0.717, 1.165) is 4.47 Å². The van der Waals surface area contributed by atoms with Gasteiger partial charge in [-0.25, -0.2) is 9.67 Å². The number of rotatable bonds is 4. The van der Waals surface area contributed by atoms with E-state index in [4.69, 9.17) is 0 Å². The van der Waals surface area contributed by atoms with Gasteiger partial charge in [-0.05, 0) is 26.0 Å². The number of benzene rings is 1. The molecule has 0 unspecified atom stereocenters. The van der Waals surface area contributed by atoms with Crippen LogP contribution in [0.2, 0.25) is 0 Å². The Morgan fingerprint density at radius 3 is 2.61 bits per heavy atom. The Bertz CT molecular complexity index is 546. The summed E-state index contributed by atoms with van der Waals surface area (Å²) >= 11 is 3.35. The predicted octanol–water partition coefficient (Wildman–Crippen LogP) is 3.05. The summed E-state index contributed by atoms with van der Waals surface area (Å²) in [5.74, 6) is 0.760. The van der Waals surface area contributed by atoms with Crippen molar-refractivity contribution < 1.29 is 4.79 Å². The monoisotopic (exact) mass is 307 g/mol. The lowest BCUT2D eigenvalue weighted by atomic mass is 10.1. The lowest BCUT2D eigenvalue weighted by Gasteiger charge is -2.08. The molecule has 0 fully saturated rings. The molecule has 1 aromatic heterocycles. The van der Waals surface area contributed by atoms with Crippen LogP contribution in [0.5, 0.6) is 0 Å². The molecule has 2 aromatic rings. The van der Waals surface area contributed by atoms with E-state index in [0.29, 0.717) is 11.4 Å². The number of carbonyl (C=O) groups is 1. The van der Waals surface area contributed by atoms with Gasteiger partial charge >= 0.3 is 0 Å². The highest BCUT2D eigenvalue weighted by atomic mass is 79.9. The molecule has 18 heavy (non-hydrogen) atoms. The van der Waals surface area contributed by atoms with Crippen molar-refractivity contribution in [1.29, 1.82) is 0 Å². The fourth-order valence-electron chi connectivity index (χ4n) is 1.71. The fourth-order valence-corrected chi connectivity index (χ4v) is 1.98. The van der Waals surface area contributed by atoms with Gasteiger partial charge in [0.1, 0.15) is 12.2 Å². The standard InChI is InChI=1S/C13H14BrN3O/c1-9(2)17-13(15-8-16-17)7-12(18)10-3-5-11(14)6-4-10/h3-6,8-9H,7H2,1-2H3. The van der Waals surface area contributed by atoms with Crippen molar-refractivity contribution in [3.05, 3.63) is 46.5 Å². The third-order valence-corrected chi connectivity index (χ3v) is 3.15. The third kappa shape index (κ3) is 2.85. The van der Waals surface area contributed by atoms with Crippen molar-refractivity contribution in [3.8, 4) is 0 Å². The summed E-state index contributed by atoms with van der Waals surface area (Å²) < 4.78 is 2.74. The second kappa shape index (κ2) is 5.44. The molecule has 0 atom stereocenters. The Balaban J connectivity index is 2.16. The minimum atomic E-state index is 0.0531. The summed E-state index contributed by atoms with van der Waals surface area (Å²) in [6, 6.07) is 7.55. The Kier molecular flexibility index (Phi) is 3.91. The van der Waals surface area contributed by atoms with Crippen LogP contribution in [0.15, 0.2) is 35.1 Å². The summed E-state index contributed by atoms with van der Waals surface area (Å²) in [4.78, 5) is 16.2. The first-order valence-electron chi connectivity index (χ1n) is 5.75. The quantitative estimate of drug-likeness (QED) is 0.816. The van der Waals surface area contributed by atoms with Crippen molar-refractivity contribution in [2.75, 3.05) is 0 Å². The molecule has 0 aliphatic carbocycles. The Hall–Kier alpha value is -1.49. The lowest BCUT2D eigenvalue weighted by molar-refractivity contribution is 0.0989. The molecular weight excluding hydrogens is 294 g/mol. The van der Waals surface area contributed by atoms with Gasteiger partial charge in [0.2, 0.25) is 0 Å². The van der Waals surface area contributed by atoms with Gasteiger partial charge in [-0.2, -0.15) is 5.10 Å². The Morgan fingerprint density at radius 2 is 2.00 bits per heavy atom. The van der Waals surface area contributed by atoms with Gasteiger partial charge in [-0.3, -0.25) is 4.79 Å². The second-order valence-corrected chi connectivity index (χ2v) is 5.24. The fraction of sp³-hybridized carbons (Fsp3) is 0.308. The van der Waals surface area contributed by atoms with Gasteiger partial charge < -0.3 is 0 Å². The minimum Gasteiger partial charge on any atom is -0.294 e. The molecule has 4 nitrogen and oxygen atoms in total. The zero-order chi connectivity index (χ0) is 13.1. The molecule has 5 heteroatoms. The molecule has 0 radical (unpaired) electrons. The van der Waals surface area contributed by atoms with Crippen LogP contribution in [0.1, 0.15) is 36.1 Å². The normalized spacial score (nSPS) is 10.9. The summed E-state index contributed by atoms with van der Waals surface area (Å²) in [5, 5.41) is 4.12. The zero-order valence-corrected chi connectivity index (χ0v) is 11.9. The molecule has 1 aromatic carbocycles. The highest BCUT2D eigenvalue weighted by Crippen LogP contribution is 2.13. The van der Waals surface area contributed by atoms with Crippen molar-refractivity contribution in [3.63, 3.8) is 0 Å². The summed E-state index contributed by atoms with van der Waals surface area (Å²) in [6.45, 7) is 4.03. The van der Waals surface area contributed by atoms with Gasteiger partial charge in [0.15, 0.2) is 5.78 Å². The van der Waals surface area contributed by atoms with Gasteiger partial charge in [-0.15, -0.1) is 0 Å². The van der Waals surface area contributed by atoms with Gasteiger partial charge in [0.05, 0.1) is 6.42 Å². The average molecular weight is 308 g/mol. The average Bonchev–Trinajstić information content (AvgIpc) is 2.78. The van der Waals surface area contributed by atoms with Crippen LogP contribution >= 0.6 is 15.9 Å². The van der Waals surface area contributed by atoms with Crippen LogP contribution in [0, 0.1) is 0 Å². The van der Waals surface area contributed by atoms with Gasteiger partial charge in [0.25, 0.3) is 0 Å². The zero-order valence-electron chi connectivity index (χ0n) is 10.3. The van der Waals surface area contributed by atoms with Crippen LogP contribution < -0.4 is 0 Å². The maximum absolute atomic E-state index is 12.1. The highest BCUT2D eigenvalue weighted by Gasteiger charge is 2.13. The van der Waals surface area contributed by atoms with Crippen molar-refractivity contribution in [2.45, 2.75) is 26.3 Å². The third-order valence-electron chi connectivity index (χ3n) is 2.62. The summed E-state index contributed by atoms with van der Waals surface area (Å²) in [5.41, 5.74) is 0.691. The Labute approximate surface area is 114 Å². The molecule has 0 aliphatic heterocycles. The van der Waals surface area contributed by atoms with Crippen molar-refractivity contribution in [2.24, 2.45) is 0 Å². The largest absolute Gasteiger partial charge is 0.294 e. The Morgan fingerprint density at radius 1 is 1.33 bits per heavy atom. The first-order valence-corrected chi connectivity index (χ1v) is 6.54. The van der Waals surface area contributed by atoms with Crippen LogP contribution in [0.3, 0.4) is 0 Å². The van der Waals surface area contributed by atoms with Crippen LogP contribution in [0.4, 0.5) is 0 Å². The molecule has 0 spiro atoms. The van der Waals surface area contributed by atoms with Crippen molar-refractivity contribution in [1.82, 2.24) is 14.8 Å². The van der Waals surface area contributed by atoms with Crippen LogP contribution in [-0.2, 0) is 6.42 Å². The van der Waals surface area contributed by atoms with E-state index in [1.807, 2.05) is 38.1 Å². The number of hydrogen-bond acceptors (Lipinski definition) is 3. The molecule has 94 valence electrons. The molecule has 0 bridgehead atoms. The molecule has 0 aliphatic rings. The maximum Gasteiger partial charge on any atom is 0.170 e. The molecule has 0 saturated carbocycles. The predicted molar refractivity (Wildman–Crippen MR) is 72.6 cm³/mol. The van der Waals surface area contributed by atoms with E-state index in [9.17, 15) is 4.79 Å². The second-order valence-electron chi connectivity index (χ2n) is 4.32. The van der Waals surface area contributed by atoms with E-state index in [1.54, 1.807) is 4.68 Å². The van der Waals surface area contributed by atoms with Gasteiger partial charge in [0, 0.05) is 16.1 Å². The van der Waals surface area contributed by atoms with E-state index in [1.165, 1.54) is 6.33 Å². The van der Waals surface area contributed by atoms with Crippen LogP contribution in [0.25, 0.3) is 0 Å². The topological polar surface area (TPSA) is 47.8 Å². The van der Waals surface area contributed by atoms with Crippen LogP contribution in [-0.4, -0.2) is 20.5 Å². The number of Topliss-reactive ketones (excluding diaryl/α,β-unsaturated/α-hetero) is 1. The first-order chi connectivity index (χ1) is 8.58. The number of aromatic nitrogens is 3. The maximum atomic E-state index is 12.1. The van der Waals surface area contributed by atoms with Crippen molar-refractivity contribution >= 4 is 21.7 Å². The summed E-state index contributed by atoms with van der Waals surface area (Å²) in [7, 11) is 0. The van der Waals surface area contributed by atoms with Gasteiger partial charge in [-0.1, -0.05) is 28.1 Å². The molecular formula is C13H14BrN3O. The number of hydrogen-bond donors (Lipinski definition) is 0. The van der Waals surface area contributed by atoms with E-state index in [2.05, 4.69) is 26.0 Å². The molecule has 0 amide bonds. The lowest BCUT2D eigenvalue weighted by Crippen LogP contribution is -2.13. The van der Waals surface area contributed by atoms with E-state index < -0.39 is 0 Å². The molecule has 1 heterocycles. The first kappa shape index (κ1) is 13.0. The smallest absolute Gasteiger partial charge is 0.170 e. The van der Waals surface area contributed by atoms with E-state index in [-0.39, 0.29) is 18.2 Å². The SMILES string of the molecule is CC(C)n1ncnc1CC(=O)c1ccc(Br)cc1. The highest BCUT2D eigenvalue weighted by molar-refractivity contribution is 9.10. The molecule has 0 N–H and O–H groups in total. The number of carbonyl (C=O) groups excluding carboxylic acids is 1. The minimum absolute atomic E-state index is 0.0531. The molecule has 0 saturated heterocycles. The van der Waals surface area contributed by atoms with E-state index >= 15 is 0 Å².